The Morgan fingerprint density at radius 2 is 2.18 bits per heavy atom. The van der Waals surface area contributed by atoms with Crippen molar-refractivity contribution in [3.63, 3.8) is 0 Å². The predicted molar refractivity (Wildman–Crippen MR) is 90.8 cm³/mol. The van der Waals surface area contributed by atoms with Crippen LogP contribution in [-0.2, 0) is 4.74 Å². The molecule has 0 radical (unpaired) electrons. The number of rotatable bonds is 2. The third-order valence-electron chi connectivity index (χ3n) is 3.15. The van der Waals surface area contributed by atoms with Gasteiger partial charge in [-0.15, -0.1) is 12.4 Å². The average molecular weight is 329 g/mol. The molecule has 124 valence electrons. The van der Waals surface area contributed by atoms with E-state index in [4.69, 9.17) is 10.5 Å². The van der Waals surface area contributed by atoms with E-state index in [0.717, 1.165) is 31.7 Å². The third-order valence-corrected chi connectivity index (χ3v) is 3.15. The van der Waals surface area contributed by atoms with Gasteiger partial charge in [-0.1, -0.05) is 6.07 Å². The predicted octanol–water partition coefficient (Wildman–Crippen LogP) is 2.78. The zero-order valence-electron chi connectivity index (χ0n) is 13.3. The maximum atomic E-state index is 11.8. The van der Waals surface area contributed by atoms with E-state index in [0.29, 0.717) is 5.82 Å². The number of anilines is 2. The van der Waals surface area contributed by atoms with Crippen molar-refractivity contribution in [2.45, 2.75) is 45.3 Å². The molecular formula is C15H25ClN4O2. The molecule has 1 amide bonds. The van der Waals surface area contributed by atoms with Crippen LogP contribution in [0.15, 0.2) is 18.2 Å². The Hall–Kier alpha value is -1.53. The largest absolute Gasteiger partial charge is 0.444 e. The smallest absolute Gasteiger partial charge is 0.413 e. The van der Waals surface area contributed by atoms with Crippen molar-refractivity contribution < 1.29 is 9.53 Å². The molecule has 1 fully saturated rings. The Kier molecular flexibility index (Phi) is 6.44. The van der Waals surface area contributed by atoms with E-state index in [-0.39, 0.29) is 18.4 Å². The van der Waals surface area contributed by atoms with Crippen LogP contribution < -0.4 is 16.0 Å². The summed E-state index contributed by atoms with van der Waals surface area (Å²) in [6.45, 7) is 7.21. The summed E-state index contributed by atoms with van der Waals surface area (Å²) in [7, 11) is 0. The Balaban J connectivity index is 0.00000242. The number of hydrogen-bond acceptors (Lipinski definition) is 5. The van der Waals surface area contributed by atoms with Gasteiger partial charge in [-0.2, -0.15) is 0 Å². The Morgan fingerprint density at radius 1 is 1.45 bits per heavy atom. The lowest BCUT2D eigenvalue weighted by Crippen LogP contribution is -2.43. The summed E-state index contributed by atoms with van der Waals surface area (Å²) < 4.78 is 5.22. The lowest BCUT2D eigenvalue weighted by Gasteiger charge is -2.31. The van der Waals surface area contributed by atoms with Crippen LogP contribution >= 0.6 is 12.4 Å². The highest BCUT2D eigenvalue weighted by molar-refractivity contribution is 5.85. The number of nitrogens with two attached hydrogens (primary N) is 1. The molecule has 0 saturated carbocycles. The minimum Gasteiger partial charge on any atom is -0.444 e. The Labute approximate surface area is 137 Å². The van der Waals surface area contributed by atoms with Crippen molar-refractivity contribution in [3.05, 3.63) is 18.2 Å². The average Bonchev–Trinajstić information content (AvgIpc) is 2.36. The van der Waals surface area contributed by atoms with Gasteiger partial charge in [0, 0.05) is 19.1 Å². The van der Waals surface area contributed by atoms with Gasteiger partial charge in [-0.05, 0) is 45.7 Å². The third kappa shape index (κ3) is 5.69. The van der Waals surface area contributed by atoms with Gasteiger partial charge in [-0.3, -0.25) is 5.32 Å². The molecule has 2 rings (SSSR count). The molecule has 1 atom stereocenters. The number of carbonyl (C=O) groups excluding carboxylic acids is 1. The molecule has 2 heterocycles. The van der Waals surface area contributed by atoms with Crippen LogP contribution in [0.1, 0.15) is 33.6 Å². The Morgan fingerprint density at radius 3 is 2.82 bits per heavy atom. The molecule has 0 unspecified atom stereocenters. The number of hydrogen-bond donors (Lipinski definition) is 2. The highest BCUT2D eigenvalue weighted by Gasteiger charge is 2.19. The van der Waals surface area contributed by atoms with E-state index >= 15 is 0 Å². The van der Waals surface area contributed by atoms with Gasteiger partial charge < -0.3 is 15.4 Å². The first-order valence-corrected chi connectivity index (χ1v) is 7.31. The summed E-state index contributed by atoms with van der Waals surface area (Å²) in [5, 5.41) is 2.66. The fourth-order valence-corrected chi connectivity index (χ4v) is 2.30. The number of ether oxygens (including phenoxy) is 1. The molecule has 1 saturated heterocycles. The van der Waals surface area contributed by atoms with Crippen LogP contribution in [0.25, 0.3) is 0 Å². The number of piperidine rings is 1. The molecule has 1 aromatic heterocycles. The van der Waals surface area contributed by atoms with Crippen LogP contribution in [0.4, 0.5) is 16.4 Å². The molecule has 0 aliphatic carbocycles. The molecule has 1 aromatic rings. The first-order valence-electron chi connectivity index (χ1n) is 7.31. The number of nitrogens with one attached hydrogen (secondary N) is 1. The van der Waals surface area contributed by atoms with Crippen LogP contribution in [0.5, 0.6) is 0 Å². The van der Waals surface area contributed by atoms with E-state index in [2.05, 4.69) is 15.2 Å². The van der Waals surface area contributed by atoms with Crippen LogP contribution in [0.2, 0.25) is 0 Å². The minimum atomic E-state index is -0.526. The number of aromatic nitrogens is 1. The summed E-state index contributed by atoms with van der Waals surface area (Å²) in [6.07, 6.45) is 1.61. The SMILES string of the molecule is CC(C)(C)OC(=O)Nc1cccc(N2CCC[C@H](N)C2)n1.Cl. The van der Waals surface area contributed by atoms with Gasteiger partial charge in [0.25, 0.3) is 0 Å². The first kappa shape index (κ1) is 18.5. The van der Waals surface area contributed by atoms with Crippen molar-refractivity contribution in [1.82, 2.24) is 4.98 Å². The summed E-state index contributed by atoms with van der Waals surface area (Å²) in [4.78, 5) is 18.4. The molecule has 0 bridgehead atoms. The van der Waals surface area contributed by atoms with Crippen LogP contribution in [0, 0.1) is 0 Å². The fraction of sp³-hybridized carbons (Fsp3) is 0.600. The summed E-state index contributed by atoms with van der Waals surface area (Å²) in [5.74, 6) is 1.32. The van der Waals surface area contributed by atoms with Crippen molar-refractivity contribution in [1.29, 1.82) is 0 Å². The van der Waals surface area contributed by atoms with Crippen LogP contribution in [0.3, 0.4) is 0 Å². The van der Waals surface area contributed by atoms with Gasteiger partial charge in [0.05, 0.1) is 0 Å². The van der Waals surface area contributed by atoms with Gasteiger partial charge in [0.15, 0.2) is 0 Å². The molecule has 1 aliphatic rings. The van der Waals surface area contributed by atoms with E-state index in [1.807, 2.05) is 32.9 Å². The molecule has 1 aliphatic heterocycles. The quantitative estimate of drug-likeness (QED) is 0.872. The number of halogens is 1. The normalized spacial score (nSPS) is 18.4. The van der Waals surface area contributed by atoms with E-state index in [9.17, 15) is 4.79 Å². The van der Waals surface area contributed by atoms with Crippen molar-refractivity contribution in [2.75, 3.05) is 23.3 Å². The lowest BCUT2D eigenvalue weighted by atomic mass is 10.1. The van der Waals surface area contributed by atoms with E-state index in [1.165, 1.54) is 0 Å². The standard InChI is InChI=1S/C15H24N4O2.ClH/c1-15(2,3)21-14(20)18-12-7-4-8-13(17-12)19-9-5-6-11(16)10-19;/h4,7-8,11H,5-6,9-10,16H2,1-3H3,(H,17,18,20);1H/t11-;/m0./s1. The maximum absolute atomic E-state index is 11.8. The summed E-state index contributed by atoms with van der Waals surface area (Å²) in [6, 6.07) is 5.73. The molecule has 6 nitrogen and oxygen atoms in total. The van der Waals surface area contributed by atoms with E-state index in [1.54, 1.807) is 6.07 Å². The van der Waals surface area contributed by atoms with Gasteiger partial charge in [-0.25, -0.2) is 9.78 Å². The maximum Gasteiger partial charge on any atom is 0.413 e. The second-order valence-corrected chi connectivity index (χ2v) is 6.36. The summed E-state index contributed by atoms with van der Waals surface area (Å²) in [5.41, 5.74) is 5.47. The monoisotopic (exact) mass is 328 g/mol. The lowest BCUT2D eigenvalue weighted by molar-refractivity contribution is 0.0635. The molecule has 7 heteroatoms. The number of nitrogens with zero attached hydrogens (tertiary/aromatic N) is 2. The zero-order valence-corrected chi connectivity index (χ0v) is 14.2. The molecule has 3 N–H and O–H groups in total. The van der Waals surface area contributed by atoms with Gasteiger partial charge in [0.1, 0.15) is 17.2 Å². The number of carbonyl (C=O) groups is 1. The second-order valence-electron chi connectivity index (χ2n) is 6.36. The molecule has 0 spiro atoms. The van der Waals surface area contributed by atoms with Gasteiger partial charge >= 0.3 is 6.09 Å². The first-order chi connectivity index (χ1) is 9.83. The zero-order chi connectivity index (χ0) is 15.5. The highest BCUT2D eigenvalue weighted by Crippen LogP contribution is 2.19. The van der Waals surface area contributed by atoms with Crippen molar-refractivity contribution >= 4 is 30.1 Å². The van der Waals surface area contributed by atoms with Crippen LogP contribution in [-0.4, -0.2) is 35.8 Å². The van der Waals surface area contributed by atoms with Crippen molar-refractivity contribution in [2.24, 2.45) is 5.73 Å². The molecule has 22 heavy (non-hydrogen) atoms. The highest BCUT2D eigenvalue weighted by atomic mass is 35.5. The van der Waals surface area contributed by atoms with Gasteiger partial charge in [0.2, 0.25) is 0 Å². The Bertz CT molecular complexity index is 505. The van der Waals surface area contributed by atoms with Crippen molar-refractivity contribution in [3.8, 4) is 0 Å². The molecule has 0 aromatic carbocycles. The second kappa shape index (κ2) is 7.65. The number of amides is 1. The topological polar surface area (TPSA) is 80.5 Å². The summed E-state index contributed by atoms with van der Waals surface area (Å²) >= 11 is 0. The fourth-order valence-electron chi connectivity index (χ4n) is 2.30. The number of pyridine rings is 1. The minimum absolute atomic E-state index is 0. The van der Waals surface area contributed by atoms with E-state index < -0.39 is 11.7 Å². The molecular weight excluding hydrogens is 304 g/mol.